The van der Waals surface area contributed by atoms with E-state index in [9.17, 15) is 4.79 Å². The molecule has 2 aliphatic rings. The Morgan fingerprint density at radius 1 is 0.966 bits per heavy atom. The minimum Gasteiger partial charge on any atom is -0.369 e. The molecule has 0 unspecified atom stereocenters. The van der Waals surface area contributed by atoms with Crippen molar-refractivity contribution in [3.8, 4) is 0 Å². The highest BCUT2D eigenvalue weighted by Crippen LogP contribution is 2.48. The molecule has 1 heterocycles. The van der Waals surface area contributed by atoms with Gasteiger partial charge in [-0.15, -0.1) is 0 Å². The van der Waals surface area contributed by atoms with E-state index in [4.69, 9.17) is 0 Å². The molecule has 154 valence electrons. The van der Waals surface area contributed by atoms with Crippen LogP contribution in [-0.2, 0) is 10.2 Å². The Morgan fingerprint density at radius 2 is 1.66 bits per heavy atom. The van der Waals surface area contributed by atoms with Crippen LogP contribution in [-0.4, -0.2) is 50.1 Å². The molecule has 29 heavy (non-hydrogen) atoms. The molecule has 0 aromatic heterocycles. The minimum atomic E-state index is -0.258. The monoisotopic (exact) mass is 391 g/mol. The van der Waals surface area contributed by atoms with Gasteiger partial charge in [-0.2, -0.15) is 0 Å². The van der Waals surface area contributed by atoms with Gasteiger partial charge >= 0.3 is 0 Å². The Labute approximate surface area is 174 Å². The number of anilines is 1. The maximum Gasteiger partial charge on any atom is 0.230 e. The highest BCUT2D eigenvalue weighted by atomic mass is 16.2. The van der Waals surface area contributed by atoms with Crippen LogP contribution >= 0.6 is 0 Å². The van der Waals surface area contributed by atoms with Gasteiger partial charge in [0.1, 0.15) is 0 Å². The van der Waals surface area contributed by atoms with E-state index in [-0.39, 0.29) is 11.3 Å². The average molecular weight is 392 g/mol. The zero-order chi connectivity index (χ0) is 20.3. The Kier molecular flexibility index (Phi) is 5.91. The quantitative estimate of drug-likeness (QED) is 0.732. The highest BCUT2D eigenvalue weighted by molar-refractivity contribution is 5.91. The van der Waals surface area contributed by atoms with Gasteiger partial charge in [0.25, 0.3) is 0 Å². The molecule has 1 aliphatic carbocycles. The van der Waals surface area contributed by atoms with Crippen molar-refractivity contribution in [1.82, 2.24) is 10.2 Å². The van der Waals surface area contributed by atoms with Gasteiger partial charge in [0.15, 0.2) is 0 Å². The Bertz CT molecular complexity index is 851. The molecule has 2 aromatic carbocycles. The number of carbonyl (C=O) groups excluding carboxylic acids is 1. The molecule has 1 saturated heterocycles. The van der Waals surface area contributed by atoms with Crippen LogP contribution in [0.5, 0.6) is 0 Å². The molecule has 4 nitrogen and oxygen atoms in total. The molecule has 4 heteroatoms. The molecule has 0 spiro atoms. The van der Waals surface area contributed by atoms with Crippen molar-refractivity contribution < 1.29 is 4.79 Å². The van der Waals surface area contributed by atoms with Gasteiger partial charge in [-0.3, -0.25) is 9.69 Å². The second-order valence-corrected chi connectivity index (χ2v) is 8.73. The van der Waals surface area contributed by atoms with Gasteiger partial charge in [0.2, 0.25) is 5.91 Å². The largest absolute Gasteiger partial charge is 0.369 e. The van der Waals surface area contributed by atoms with Gasteiger partial charge in [-0.05, 0) is 62.9 Å². The zero-order valence-corrected chi connectivity index (χ0v) is 17.8. The number of hydrogen-bond donors (Lipinski definition) is 1. The third kappa shape index (κ3) is 4.64. The van der Waals surface area contributed by atoms with Crippen LogP contribution in [0.2, 0.25) is 0 Å². The lowest BCUT2D eigenvalue weighted by Gasteiger charge is -2.36. The molecule has 2 aromatic rings. The Balaban J connectivity index is 1.18. The van der Waals surface area contributed by atoms with Gasteiger partial charge < -0.3 is 10.2 Å². The maximum absolute atomic E-state index is 12.8. The maximum atomic E-state index is 12.8. The number of rotatable bonds is 7. The molecule has 1 amide bonds. The second-order valence-electron chi connectivity index (χ2n) is 8.73. The molecule has 0 bridgehead atoms. The summed E-state index contributed by atoms with van der Waals surface area (Å²) in [6.45, 7) is 10.4. The number of aryl methyl sites for hydroxylation is 2. The second kappa shape index (κ2) is 8.58. The molecular weight excluding hydrogens is 358 g/mol. The predicted octanol–water partition coefficient (Wildman–Crippen LogP) is 3.66. The van der Waals surface area contributed by atoms with E-state index in [0.717, 1.165) is 58.5 Å². The van der Waals surface area contributed by atoms with Crippen LogP contribution in [0, 0.1) is 13.8 Å². The lowest BCUT2D eigenvalue weighted by atomic mass is 9.93. The molecule has 0 atom stereocenters. The van der Waals surface area contributed by atoms with E-state index in [1.54, 1.807) is 0 Å². The summed E-state index contributed by atoms with van der Waals surface area (Å²) < 4.78 is 0. The van der Waals surface area contributed by atoms with Crippen molar-refractivity contribution >= 4 is 11.6 Å². The predicted molar refractivity (Wildman–Crippen MR) is 120 cm³/mol. The van der Waals surface area contributed by atoms with Crippen molar-refractivity contribution in [2.75, 3.05) is 44.2 Å². The number of amides is 1. The fraction of sp³-hybridized carbons (Fsp3) is 0.480. The van der Waals surface area contributed by atoms with Crippen LogP contribution in [0.4, 0.5) is 5.69 Å². The standard InChI is InChI=1S/C25H33N3O/c1-20-6-3-8-22(18-20)25(10-11-25)24(29)26-12-5-13-27-14-16-28(17-15-27)23-9-4-7-21(2)19-23/h3-4,6-9,18-19H,5,10-17H2,1-2H3,(H,26,29). The molecule has 1 aliphatic heterocycles. The van der Waals surface area contributed by atoms with Gasteiger partial charge in [-0.25, -0.2) is 0 Å². The fourth-order valence-electron chi connectivity index (χ4n) is 4.44. The Morgan fingerprint density at radius 3 is 2.31 bits per heavy atom. The third-order valence-corrected chi connectivity index (χ3v) is 6.43. The number of nitrogens with zero attached hydrogens (tertiary/aromatic N) is 2. The minimum absolute atomic E-state index is 0.215. The summed E-state index contributed by atoms with van der Waals surface area (Å²) in [4.78, 5) is 17.8. The highest BCUT2D eigenvalue weighted by Gasteiger charge is 2.51. The summed E-state index contributed by atoms with van der Waals surface area (Å²) in [7, 11) is 0. The summed E-state index contributed by atoms with van der Waals surface area (Å²) in [5.74, 6) is 0.215. The van der Waals surface area contributed by atoms with Crippen molar-refractivity contribution in [2.45, 2.75) is 38.5 Å². The number of piperazine rings is 1. The third-order valence-electron chi connectivity index (χ3n) is 6.43. The molecular formula is C25H33N3O. The first kappa shape index (κ1) is 20.0. The first-order valence-corrected chi connectivity index (χ1v) is 11.0. The molecule has 2 fully saturated rings. The molecule has 1 saturated carbocycles. The van der Waals surface area contributed by atoms with E-state index in [0.29, 0.717) is 0 Å². The normalized spacial score (nSPS) is 18.5. The van der Waals surface area contributed by atoms with E-state index >= 15 is 0 Å². The summed E-state index contributed by atoms with van der Waals surface area (Å²) in [5, 5.41) is 3.21. The van der Waals surface area contributed by atoms with Crippen molar-refractivity contribution in [3.63, 3.8) is 0 Å². The SMILES string of the molecule is Cc1cccc(N2CCN(CCCNC(=O)C3(c4cccc(C)c4)CC3)CC2)c1. The van der Waals surface area contributed by atoms with Crippen molar-refractivity contribution in [3.05, 3.63) is 65.2 Å². The first-order chi connectivity index (χ1) is 14.1. The summed E-state index contributed by atoms with van der Waals surface area (Å²) in [6, 6.07) is 17.2. The summed E-state index contributed by atoms with van der Waals surface area (Å²) >= 11 is 0. The molecule has 0 radical (unpaired) electrons. The van der Waals surface area contributed by atoms with Gasteiger partial charge in [0, 0.05) is 38.4 Å². The van der Waals surface area contributed by atoms with Crippen LogP contribution < -0.4 is 10.2 Å². The van der Waals surface area contributed by atoms with Crippen LogP contribution in [0.15, 0.2) is 48.5 Å². The molecule has 1 N–H and O–H groups in total. The van der Waals surface area contributed by atoms with E-state index in [1.807, 2.05) is 0 Å². The number of benzene rings is 2. The van der Waals surface area contributed by atoms with Gasteiger partial charge in [0.05, 0.1) is 5.41 Å². The zero-order valence-electron chi connectivity index (χ0n) is 17.8. The van der Waals surface area contributed by atoms with Crippen LogP contribution in [0.25, 0.3) is 0 Å². The van der Waals surface area contributed by atoms with Crippen molar-refractivity contribution in [2.24, 2.45) is 0 Å². The summed E-state index contributed by atoms with van der Waals surface area (Å²) in [6.07, 6.45) is 2.96. The van der Waals surface area contributed by atoms with E-state index < -0.39 is 0 Å². The van der Waals surface area contributed by atoms with E-state index in [2.05, 4.69) is 77.5 Å². The van der Waals surface area contributed by atoms with Crippen molar-refractivity contribution in [1.29, 1.82) is 0 Å². The van der Waals surface area contributed by atoms with E-state index in [1.165, 1.54) is 22.4 Å². The smallest absolute Gasteiger partial charge is 0.230 e. The van der Waals surface area contributed by atoms with Gasteiger partial charge in [-0.1, -0.05) is 42.0 Å². The average Bonchev–Trinajstić information content (AvgIpc) is 3.54. The Hall–Kier alpha value is -2.33. The number of carbonyl (C=O) groups is 1. The molecule has 4 rings (SSSR count). The lowest BCUT2D eigenvalue weighted by Crippen LogP contribution is -2.47. The number of nitrogens with one attached hydrogen (secondary N) is 1. The topological polar surface area (TPSA) is 35.6 Å². The summed E-state index contributed by atoms with van der Waals surface area (Å²) in [5.41, 5.74) is 4.81. The fourth-order valence-corrected chi connectivity index (χ4v) is 4.44. The number of hydrogen-bond acceptors (Lipinski definition) is 3. The first-order valence-electron chi connectivity index (χ1n) is 11.0. The van der Waals surface area contributed by atoms with Crippen LogP contribution in [0.3, 0.4) is 0 Å². The lowest BCUT2D eigenvalue weighted by molar-refractivity contribution is -0.123. The van der Waals surface area contributed by atoms with Crippen LogP contribution in [0.1, 0.15) is 36.0 Å².